The van der Waals surface area contributed by atoms with Crippen molar-refractivity contribution in [3.8, 4) is 5.75 Å². The quantitative estimate of drug-likeness (QED) is 0.849. The average Bonchev–Trinajstić information content (AvgIpc) is 2.60. The van der Waals surface area contributed by atoms with Crippen LogP contribution in [0.1, 0.15) is 36.6 Å². The van der Waals surface area contributed by atoms with Crippen LogP contribution in [-0.4, -0.2) is 23.5 Å². The first-order valence-electron chi connectivity index (χ1n) is 7.86. The van der Waals surface area contributed by atoms with Gasteiger partial charge >= 0.3 is 0 Å². The molecule has 0 amide bonds. The van der Waals surface area contributed by atoms with E-state index in [1.54, 1.807) is 6.20 Å². The molecule has 1 aliphatic heterocycles. The molecule has 0 spiro atoms. The summed E-state index contributed by atoms with van der Waals surface area (Å²) in [5, 5.41) is 0. The van der Waals surface area contributed by atoms with Crippen molar-refractivity contribution in [2.45, 2.75) is 31.8 Å². The molecular formula is C18H20F2N2O. The van der Waals surface area contributed by atoms with Crippen molar-refractivity contribution >= 4 is 0 Å². The minimum Gasteiger partial charge on any atom is -0.496 e. The minimum absolute atomic E-state index is 0.123. The number of methoxy groups -OCH3 is 1. The van der Waals surface area contributed by atoms with Crippen LogP contribution in [0.15, 0.2) is 36.5 Å². The van der Waals surface area contributed by atoms with Crippen LogP contribution in [0.2, 0.25) is 0 Å². The van der Waals surface area contributed by atoms with E-state index in [0.717, 1.165) is 37.6 Å². The third-order valence-electron chi connectivity index (χ3n) is 4.38. The van der Waals surface area contributed by atoms with Crippen molar-refractivity contribution < 1.29 is 13.5 Å². The van der Waals surface area contributed by atoms with Crippen molar-refractivity contribution in [3.05, 3.63) is 59.4 Å². The number of likely N-dealkylation sites (tertiary alicyclic amines) is 1. The van der Waals surface area contributed by atoms with Crippen LogP contribution < -0.4 is 4.74 Å². The summed E-state index contributed by atoms with van der Waals surface area (Å²) in [7, 11) is 1.47. The highest BCUT2D eigenvalue weighted by atomic mass is 19.2. The fourth-order valence-corrected chi connectivity index (χ4v) is 3.20. The summed E-state index contributed by atoms with van der Waals surface area (Å²) in [6, 6.07) is 8.53. The number of pyridine rings is 1. The van der Waals surface area contributed by atoms with Crippen molar-refractivity contribution in [2.24, 2.45) is 0 Å². The molecule has 1 unspecified atom stereocenters. The lowest BCUT2D eigenvalue weighted by Crippen LogP contribution is -2.33. The Morgan fingerprint density at radius 3 is 2.83 bits per heavy atom. The number of ether oxygens (including phenoxy) is 1. The first-order chi connectivity index (χ1) is 11.2. The molecule has 1 saturated heterocycles. The number of hydrogen-bond donors (Lipinski definition) is 0. The fourth-order valence-electron chi connectivity index (χ4n) is 3.20. The summed E-state index contributed by atoms with van der Waals surface area (Å²) in [6.45, 7) is 1.15. The van der Waals surface area contributed by atoms with Crippen LogP contribution in [0.25, 0.3) is 0 Å². The molecule has 0 saturated carbocycles. The summed E-state index contributed by atoms with van der Waals surface area (Å²) in [6.07, 6.45) is 4.89. The molecule has 5 heteroatoms. The second kappa shape index (κ2) is 7.04. The summed E-state index contributed by atoms with van der Waals surface area (Å²) in [5.41, 5.74) is 1.25. The Hall–Kier alpha value is -2.01. The zero-order valence-electron chi connectivity index (χ0n) is 13.1. The molecule has 3 nitrogen and oxygen atoms in total. The predicted molar refractivity (Wildman–Crippen MR) is 84.1 cm³/mol. The smallest absolute Gasteiger partial charge is 0.167 e. The Bertz CT molecular complexity index is 664. The molecule has 1 aromatic heterocycles. The van der Waals surface area contributed by atoms with E-state index in [4.69, 9.17) is 4.74 Å². The maximum atomic E-state index is 14.2. The highest BCUT2D eigenvalue weighted by molar-refractivity contribution is 5.35. The number of rotatable bonds is 4. The molecule has 1 fully saturated rings. The second-order valence-corrected chi connectivity index (χ2v) is 5.78. The number of halogens is 2. The largest absolute Gasteiger partial charge is 0.496 e. The van der Waals surface area contributed by atoms with Crippen molar-refractivity contribution in [2.75, 3.05) is 13.7 Å². The molecule has 1 atom stereocenters. The molecule has 1 aromatic carbocycles. The van der Waals surface area contributed by atoms with Crippen LogP contribution >= 0.6 is 0 Å². The molecule has 2 aromatic rings. The van der Waals surface area contributed by atoms with E-state index in [9.17, 15) is 8.78 Å². The van der Waals surface area contributed by atoms with Crippen molar-refractivity contribution in [3.63, 3.8) is 0 Å². The first-order valence-corrected chi connectivity index (χ1v) is 7.86. The Kier molecular flexibility index (Phi) is 4.86. The van der Waals surface area contributed by atoms with E-state index in [0.29, 0.717) is 12.3 Å². The van der Waals surface area contributed by atoms with Gasteiger partial charge in [-0.3, -0.25) is 9.88 Å². The number of aromatic nitrogens is 1. The maximum Gasteiger partial charge on any atom is 0.167 e. The second-order valence-electron chi connectivity index (χ2n) is 5.78. The van der Waals surface area contributed by atoms with Gasteiger partial charge in [-0.05, 0) is 43.7 Å². The van der Waals surface area contributed by atoms with Gasteiger partial charge in [0.2, 0.25) is 0 Å². The van der Waals surface area contributed by atoms with Crippen molar-refractivity contribution in [1.29, 1.82) is 0 Å². The summed E-state index contributed by atoms with van der Waals surface area (Å²) in [5.74, 6) is -1.28. The maximum absolute atomic E-state index is 14.2. The van der Waals surface area contributed by atoms with Gasteiger partial charge in [0, 0.05) is 18.3 Å². The summed E-state index contributed by atoms with van der Waals surface area (Å²) >= 11 is 0. The van der Waals surface area contributed by atoms with E-state index in [1.807, 2.05) is 18.2 Å². The topological polar surface area (TPSA) is 25.4 Å². The molecule has 0 radical (unpaired) electrons. The molecule has 0 aliphatic carbocycles. The van der Waals surface area contributed by atoms with Crippen molar-refractivity contribution in [1.82, 2.24) is 9.88 Å². The molecule has 0 N–H and O–H groups in total. The molecular weight excluding hydrogens is 298 g/mol. The van der Waals surface area contributed by atoms with Gasteiger partial charge in [0.05, 0.1) is 18.8 Å². The Morgan fingerprint density at radius 2 is 2.09 bits per heavy atom. The SMILES string of the molecule is COc1ccc(F)c(F)c1CN1CCCCC1c1ccccn1. The Morgan fingerprint density at radius 1 is 1.22 bits per heavy atom. The van der Waals surface area contributed by atoms with Crippen LogP contribution in [-0.2, 0) is 6.54 Å². The Labute approximate surface area is 134 Å². The summed E-state index contributed by atoms with van der Waals surface area (Å²) in [4.78, 5) is 6.60. The minimum atomic E-state index is -0.841. The number of hydrogen-bond acceptors (Lipinski definition) is 3. The van der Waals surface area contributed by atoms with Gasteiger partial charge in [-0.2, -0.15) is 0 Å². The predicted octanol–water partition coefficient (Wildman–Crippen LogP) is 4.10. The third-order valence-corrected chi connectivity index (χ3v) is 4.38. The van der Waals surface area contributed by atoms with E-state index >= 15 is 0 Å². The van der Waals surface area contributed by atoms with Gasteiger partial charge in [-0.25, -0.2) is 8.78 Å². The molecule has 0 bridgehead atoms. The van der Waals surface area contributed by atoms with E-state index in [-0.39, 0.29) is 11.6 Å². The van der Waals surface area contributed by atoms with Gasteiger partial charge in [0.25, 0.3) is 0 Å². The highest BCUT2D eigenvalue weighted by Crippen LogP contribution is 2.33. The lowest BCUT2D eigenvalue weighted by atomic mass is 9.97. The first kappa shape index (κ1) is 15.9. The molecule has 23 heavy (non-hydrogen) atoms. The fraction of sp³-hybridized carbons (Fsp3) is 0.389. The van der Waals surface area contributed by atoms with Gasteiger partial charge in [0.1, 0.15) is 5.75 Å². The zero-order chi connectivity index (χ0) is 16.2. The van der Waals surface area contributed by atoms with Crippen LogP contribution in [0.5, 0.6) is 5.75 Å². The third kappa shape index (κ3) is 3.34. The van der Waals surface area contributed by atoms with E-state index in [1.165, 1.54) is 13.2 Å². The lowest BCUT2D eigenvalue weighted by molar-refractivity contribution is 0.133. The highest BCUT2D eigenvalue weighted by Gasteiger charge is 2.27. The molecule has 3 rings (SSSR count). The number of piperidine rings is 1. The molecule has 2 heterocycles. The van der Waals surface area contributed by atoms with Crippen LogP contribution in [0.3, 0.4) is 0 Å². The Balaban J connectivity index is 1.90. The average molecular weight is 318 g/mol. The number of benzene rings is 1. The van der Waals surface area contributed by atoms with Gasteiger partial charge < -0.3 is 4.74 Å². The lowest BCUT2D eigenvalue weighted by Gasteiger charge is -2.35. The number of nitrogens with zero attached hydrogens (tertiary/aromatic N) is 2. The molecule has 122 valence electrons. The van der Waals surface area contributed by atoms with Gasteiger partial charge in [-0.1, -0.05) is 12.5 Å². The van der Waals surface area contributed by atoms with Gasteiger partial charge in [0.15, 0.2) is 11.6 Å². The van der Waals surface area contributed by atoms with Crippen LogP contribution in [0, 0.1) is 11.6 Å². The summed E-state index contributed by atoms with van der Waals surface area (Å²) < 4.78 is 33.1. The normalized spacial score (nSPS) is 18.8. The van der Waals surface area contributed by atoms with E-state index < -0.39 is 11.6 Å². The van der Waals surface area contributed by atoms with Gasteiger partial charge in [-0.15, -0.1) is 0 Å². The zero-order valence-corrected chi connectivity index (χ0v) is 13.1. The standard InChI is InChI=1S/C18H20F2N2O/c1-23-17-9-8-14(19)18(20)13(17)12-22-11-5-3-7-16(22)15-6-2-4-10-21-15/h2,4,6,8-10,16H,3,5,7,11-12H2,1H3. The van der Waals surface area contributed by atoms with E-state index in [2.05, 4.69) is 9.88 Å². The molecule has 1 aliphatic rings. The monoisotopic (exact) mass is 318 g/mol. The van der Waals surface area contributed by atoms with Crippen LogP contribution in [0.4, 0.5) is 8.78 Å².